The van der Waals surface area contributed by atoms with E-state index in [1.165, 1.54) is 12.8 Å². The molecule has 0 bridgehead atoms. The molecule has 1 N–H and O–H groups in total. The van der Waals surface area contributed by atoms with Crippen LogP contribution in [0.5, 0.6) is 11.5 Å². The molecule has 1 aromatic carbocycles. The number of nitrogens with one attached hydrogen (secondary N) is 1. The second-order valence-electron chi connectivity index (χ2n) is 7.15. The number of benzene rings is 1. The first kappa shape index (κ1) is 14.1. The number of nitrogens with zero attached hydrogens (tertiary/aromatic N) is 3. The first-order valence-electron chi connectivity index (χ1n) is 8.81. The molecular formula is C17H18N4O3S. The number of fused-ring (bicyclic) bond motifs is 4. The lowest BCUT2D eigenvalue weighted by atomic mass is 10.0. The zero-order valence-electron chi connectivity index (χ0n) is 13.6. The van der Waals surface area contributed by atoms with Crippen LogP contribution >= 0.6 is 11.3 Å². The molecule has 7 nitrogen and oxygen atoms in total. The molecule has 4 aliphatic rings. The van der Waals surface area contributed by atoms with Gasteiger partial charge in [-0.05, 0) is 31.4 Å². The molecule has 2 atom stereocenters. The summed E-state index contributed by atoms with van der Waals surface area (Å²) in [5, 5.41) is 3.90. The lowest BCUT2D eigenvalue weighted by molar-refractivity contribution is 0.174. The molecule has 2 amide bonds. The zero-order valence-corrected chi connectivity index (χ0v) is 14.4. The van der Waals surface area contributed by atoms with Gasteiger partial charge in [0.25, 0.3) is 0 Å². The van der Waals surface area contributed by atoms with Crippen molar-refractivity contribution in [2.24, 2.45) is 0 Å². The van der Waals surface area contributed by atoms with Crippen molar-refractivity contribution in [3.05, 3.63) is 12.1 Å². The highest BCUT2D eigenvalue weighted by Crippen LogP contribution is 2.44. The molecule has 1 aromatic heterocycles. The van der Waals surface area contributed by atoms with E-state index in [4.69, 9.17) is 14.5 Å². The normalized spacial score (nSPS) is 28.5. The highest BCUT2D eigenvalue weighted by Gasteiger charge is 2.47. The molecule has 3 aliphatic heterocycles. The fraction of sp³-hybridized carbons (Fsp3) is 0.529. The van der Waals surface area contributed by atoms with Gasteiger partial charge in [-0.3, -0.25) is 9.80 Å². The van der Waals surface area contributed by atoms with Crippen LogP contribution in [0.25, 0.3) is 10.2 Å². The topological polar surface area (TPSA) is 66.9 Å². The Morgan fingerprint density at radius 2 is 2.16 bits per heavy atom. The van der Waals surface area contributed by atoms with Gasteiger partial charge in [-0.2, -0.15) is 0 Å². The average molecular weight is 358 g/mol. The monoisotopic (exact) mass is 358 g/mol. The number of aromatic nitrogens is 1. The second-order valence-corrected chi connectivity index (χ2v) is 8.16. The van der Waals surface area contributed by atoms with Gasteiger partial charge in [-0.25, -0.2) is 9.78 Å². The number of urea groups is 1. The van der Waals surface area contributed by atoms with E-state index in [0.717, 1.165) is 46.6 Å². The van der Waals surface area contributed by atoms with Crippen molar-refractivity contribution >= 4 is 32.7 Å². The second kappa shape index (κ2) is 4.98. The number of piperidine rings is 1. The van der Waals surface area contributed by atoms with Crippen LogP contribution in [0.15, 0.2) is 12.1 Å². The van der Waals surface area contributed by atoms with Gasteiger partial charge >= 0.3 is 6.03 Å². The van der Waals surface area contributed by atoms with Gasteiger partial charge < -0.3 is 14.8 Å². The summed E-state index contributed by atoms with van der Waals surface area (Å²) in [6.45, 7) is 2.24. The van der Waals surface area contributed by atoms with Crippen LogP contribution in [0.3, 0.4) is 0 Å². The van der Waals surface area contributed by atoms with Crippen LogP contribution < -0.4 is 19.7 Å². The van der Waals surface area contributed by atoms with E-state index in [1.807, 2.05) is 17.0 Å². The fourth-order valence-corrected chi connectivity index (χ4v) is 5.23. The van der Waals surface area contributed by atoms with Crippen LogP contribution in [0.1, 0.15) is 19.3 Å². The molecule has 2 aromatic rings. The number of rotatable bonds is 2. The number of ether oxygens (including phenoxy) is 2. The number of likely N-dealkylation sites (tertiary alicyclic amines) is 1. The van der Waals surface area contributed by atoms with Gasteiger partial charge in [0, 0.05) is 19.1 Å². The van der Waals surface area contributed by atoms with Crippen LogP contribution in [-0.4, -0.2) is 53.9 Å². The molecule has 2 saturated heterocycles. The van der Waals surface area contributed by atoms with Crippen LogP contribution in [0.4, 0.5) is 9.93 Å². The van der Waals surface area contributed by atoms with Crippen LogP contribution in [-0.2, 0) is 0 Å². The molecule has 0 unspecified atom stereocenters. The largest absolute Gasteiger partial charge is 0.454 e. The number of hydrogen-bond donors (Lipinski definition) is 1. The zero-order chi connectivity index (χ0) is 16.5. The van der Waals surface area contributed by atoms with E-state index in [1.54, 1.807) is 11.3 Å². The molecule has 130 valence electrons. The Morgan fingerprint density at radius 3 is 3.04 bits per heavy atom. The number of anilines is 1. The van der Waals surface area contributed by atoms with E-state index in [2.05, 4.69) is 10.2 Å². The number of amides is 2. The van der Waals surface area contributed by atoms with Crippen molar-refractivity contribution in [1.82, 2.24) is 15.2 Å². The minimum Gasteiger partial charge on any atom is -0.454 e. The smallest absolute Gasteiger partial charge is 0.324 e. The van der Waals surface area contributed by atoms with Crippen molar-refractivity contribution in [3.8, 4) is 11.5 Å². The Bertz CT molecular complexity index is 880. The molecule has 6 rings (SSSR count). The van der Waals surface area contributed by atoms with Crippen LogP contribution in [0.2, 0.25) is 0 Å². The summed E-state index contributed by atoms with van der Waals surface area (Å²) in [6.07, 6.45) is 3.60. The highest BCUT2D eigenvalue weighted by atomic mass is 32.1. The van der Waals surface area contributed by atoms with Gasteiger partial charge in [0.15, 0.2) is 16.6 Å². The maximum absolute atomic E-state index is 12.7. The summed E-state index contributed by atoms with van der Waals surface area (Å²) in [4.78, 5) is 21.8. The van der Waals surface area contributed by atoms with Gasteiger partial charge in [-0.15, -0.1) is 0 Å². The van der Waals surface area contributed by atoms with Gasteiger partial charge in [0.05, 0.1) is 16.8 Å². The molecule has 4 heterocycles. The molecule has 1 saturated carbocycles. The van der Waals surface area contributed by atoms with E-state index >= 15 is 0 Å². The fourth-order valence-electron chi connectivity index (χ4n) is 4.21. The first-order chi connectivity index (χ1) is 12.3. The lowest BCUT2D eigenvalue weighted by Gasteiger charge is -2.36. The number of thiazole rings is 1. The van der Waals surface area contributed by atoms with Crippen molar-refractivity contribution in [2.45, 2.75) is 37.4 Å². The van der Waals surface area contributed by atoms with Crippen molar-refractivity contribution < 1.29 is 14.3 Å². The Labute approximate surface area is 148 Å². The van der Waals surface area contributed by atoms with E-state index in [9.17, 15) is 4.79 Å². The molecule has 0 radical (unpaired) electrons. The number of carbonyl (C=O) groups excluding carboxylic acids is 1. The summed E-state index contributed by atoms with van der Waals surface area (Å²) in [5.41, 5.74) is 0.793. The molecule has 0 spiro atoms. The predicted molar refractivity (Wildman–Crippen MR) is 93.5 cm³/mol. The molecule has 1 aliphatic carbocycles. The van der Waals surface area contributed by atoms with E-state index < -0.39 is 0 Å². The Kier molecular flexibility index (Phi) is 2.82. The maximum Gasteiger partial charge on any atom is 0.324 e. The molecule has 8 heteroatoms. The summed E-state index contributed by atoms with van der Waals surface area (Å²) >= 11 is 1.55. The predicted octanol–water partition coefficient (Wildman–Crippen LogP) is 2.16. The highest BCUT2D eigenvalue weighted by molar-refractivity contribution is 7.22. The third-order valence-corrected chi connectivity index (χ3v) is 6.65. The Morgan fingerprint density at radius 1 is 1.24 bits per heavy atom. The van der Waals surface area contributed by atoms with Crippen molar-refractivity contribution in [2.75, 3.05) is 24.8 Å². The van der Waals surface area contributed by atoms with E-state index in [-0.39, 0.29) is 24.9 Å². The van der Waals surface area contributed by atoms with Crippen molar-refractivity contribution in [3.63, 3.8) is 0 Å². The molecule has 25 heavy (non-hydrogen) atoms. The van der Waals surface area contributed by atoms with Gasteiger partial charge in [-0.1, -0.05) is 11.3 Å². The SMILES string of the molecule is O=C1N[C@@H]2CCN(C3CC3)C[C@@H]2N1c1nc2c3c(ccc2s1)OCO3. The van der Waals surface area contributed by atoms with Crippen molar-refractivity contribution in [1.29, 1.82) is 0 Å². The summed E-state index contributed by atoms with van der Waals surface area (Å²) in [7, 11) is 0. The number of carbonyl (C=O) groups is 1. The Balaban J connectivity index is 1.39. The molecular weight excluding hydrogens is 340 g/mol. The molecule has 3 fully saturated rings. The minimum absolute atomic E-state index is 0.0273. The third kappa shape index (κ3) is 2.07. The summed E-state index contributed by atoms with van der Waals surface area (Å²) < 4.78 is 12.0. The van der Waals surface area contributed by atoms with E-state index in [0.29, 0.717) is 5.75 Å². The quantitative estimate of drug-likeness (QED) is 0.891. The Hall–Kier alpha value is -2.06. The standard InChI is InChI=1S/C17H18N4O3S/c22-16-18-10-5-6-20(9-1-2-9)7-11(10)21(16)17-19-14-13(25-17)4-3-12-15(14)24-8-23-12/h3-4,9-11H,1-2,5-8H2,(H,18,22)/t10-,11+/m1/s1. The van der Waals surface area contributed by atoms with Crippen LogP contribution in [0, 0.1) is 0 Å². The lowest BCUT2D eigenvalue weighted by Crippen LogP contribution is -2.52. The average Bonchev–Trinajstić information content (AvgIpc) is 3.05. The minimum atomic E-state index is -0.0273. The third-order valence-electron chi connectivity index (χ3n) is 5.63. The summed E-state index contributed by atoms with van der Waals surface area (Å²) in [6, 6.07) is 4.98. The van der Waals surface area contributed by atoms with Gasteiger partial charge in [0.1, 0.15) is 5.52 Å². The first-order valence-corrected chi connectivity index (χ1v) is 9.62. The van der Waals surface area contributed by atoms with Gasteiger partial charge in [0.2, 0.25) is 6.79 Å². The number of hydrogen-bond acceptors (Lipinski definition) is 6. The maximum atomic E-state index is 12.7. The summed E-state index contributed by atoms with van der Waals surface area (Å²) in [5.74, 6) is 1.42.